The van der Waals surface area contributed by atoms with E-state index < -0.39 is 0 Å². The topological polar surface area (TPSA) is 37.8 Å². The molecule has 0 spiro atoms. The van der Waals surface area contributed by atoms with Gasteiger partial charge in [-0.3, -0.25) is 0 Å². The van der Waals surface area contributed by atoms with Crippen LogP contribution in [-0.2, 0) is 0 Å². The predicted molar refractivity (Wildman–Crippen MR) is 80.5 cm³/mol. The molecule has 0 bridgehead atoms. The molecule has 1 aromatic carbocycles. The molecule has 19 heavy (non-hydrogen) atoms. The molecule has 0 radical (unpaired) electrons. The maximum absolute atomic E-state index is 4.65. The molecule has 0 saturated heterocycles. The highest BCUT2D eigenvalue weighted by molar-refractivity contribution is 5.67. The van der Waals surface area contributed by atoms with E-state index in [1.807, 2.05) is 6.20 Å². The number of rotatable bonds is 4. The van der Waals surface area contributed by atoms with Crippen molar-refractivity contribution in [1.82, 2.24) is 9.97 Å². The second kappa shape index (κ2) is 5.83. The summed E-state index contributed by atoms with van der Waals surface area (Å²) >= 11 is 0. The van der Waals surface area contributed by atoms with Crippen molar-refractivity contribution in [2.45, 2.75) is 34.1 Å². The summed E-state index contributed by atoms with van der Waals surface area (Å²) in [5.41, 5.74) is 5.84. The zero-order valence-corrected chi connectivity index (χ0v) is 12.1. The Morgan fingerprint density at radius 2 is 1.89 bits per heavy atom. The van der Waals surface area contributed by atoms with Gasteiger partial charge in [0.05, 0.1) is 5.69 Å². The van der Waals surface area contributed by atoms with Crippen LogP contribution in [0.25, 0.3) is 11.3 Å². The van der Waals surface area contributed by atoms with E-state index in [1.165, 1.54) is 16.7 Å². The zero-order chi connectivity index (χ0) is 13.8. The zero-order valence-electron chi connectivity index (χ0n) is 12.1. The summed E-state index contributed by atoms with van der Waals surface area (Å²) in [5, 5.41) is 3.24. The summed E-state index contributed by atoms with van der Waals surface area (Å²) < 4.78 is 0. The molecule has 0 aliphatic carbocycles. The quantitative estimate of drug-likeness (QED) is 0.900. The number of nitrogens with one attached hydrogen (secondary N) is 1. The Labute approximate surface area is 115 Å². The highest BCUT2D eigenvalue weighted by Gasteiger charge is 2.09. The van der Waals surface area contributed by atoms with Crippen LogP contribution in [0.5, 0.6) is 0 Å². The average molecular weight is 255 g/mol. The van der Waals surface area contributed by atoms with Crippen LogP contribution in [0.3, 0.4) is 0 Å². The van der Waals surface area contributed by atoms with Gasteiger partial charge >= 0.3 is 0 Å². The van der Waals surface area contributed by atoms with Gasteiger partial charge in [0.1, 0.15) is 0 Å². The number of benzene rings is 1. The third-order valence-electron chi connectivity index (χ3n) is 3.14. The Hall–Kier alpha value is -1.90. The average Bonchev–Trinajstić information content (AvgIpc) is 2.38. The number of anilines is 1. The molecule has 3 heteroatoms. The van der Waals surface area contributed by atoms with Gasteiger partial charge in [0.25, 0.3) is 0 Å². The van der Waals surface area contributed by atoms with Gasteiger partial charge in [0.2, 0.25) is 5.95 Å². The Bertz CT molecular complexity index is 576. The number of hydrogen-bond donors (Lipinski definition) is 1. The second-order valence-electron chi connectivity index (χ2n) is 4.97. The van der Waals surface area contributed by atoms with Crippen LogP contribution < -0.4 is 5.32 Å². The molecule has 2 aromatic rings. The summed E-state index contributed by atoms with van der Waals surface area (Å²) in [6.07, 6.45) is 2.95. The highest BCUT2D eigenvalue weighted by atomic mass is 15.1. The number of aromatic nitrogens is 2. The lowest BCUT2D eigenvalue weighted by Crippen LogP contribution is -2.05. The van der Waals surface area contributed by atoms with Crippen molar-refractivity contribution >= 4 is 5.95 Å². The molecular weight excluding hydrogens is 234 g/mol. The first-order valence-electron chi connectivity index (χ1n) is 6.77. The van der Waals surface area contributed by atoms with Gasteiger partial charge in [-0.2, -0.15) is 0 Å². The molecule has 0 fully saturated rings. The third kappa shape index (κ3) is 3.11. The first-order chi connectivity index (χ1) is 9.11. The lowest BCUT2D eigenvalue weighted by Gasteiger charge is -2.11. The maximum atomic E-state index is 4.65. The SMILES string of the molecule is CCCNc1ncc(C)c(-c2ccc(C)cc2C)n1. The van der Waals surface area contributed by atoms with Gasteiger partial charge in [0.15, 0.2) is 0 Å². The van der Waals surface area contributed by atoms with Gasteiger partial charge in [0, 0.05) is 18.3 Å². The normalized spacial score (nSPS) is 10.5. The Morgan fingerprint density at radius 1 is 1.11 bits per heavy atom. The second-order valence-corrected chi connectivity index (χ2v) is 4.97. The summed E-state index contributed by atoms with van der Waals surface area (Å²) in [5.74, 6) is 0.711. The molecule has 0 saturated carbocycles. The van der Waals surface area contributed by atoms with Crippen LogP contribution in [0.15, 0.2) is 24.4 Å². The van der Waals surface area contributed by atoms with Crippen LogP contribution in [0.1, 0.15) is 30.0 Å². The van der Waals surface area contributed by atoms with Gasteiger partial charge in [-0.25, -0.2) is 9.97 Å². The highest BCUT2D eigenvalue weighted by Crippen LogP contribution is 2.25. The standard InChI is InChI=1S/C16H21N3/c1-5-8-17-16-18-10-13(4)15(19-16)14-7-6-11(2)9-12(14)3/h6-7,9-10H,5,8H2,1-4H3,(H,17,18,19). The molecular formula is C16H21N3. The first kappa shape index (κ1) is 13.5. The van der Waals surface area contributed by atoms with E-state index in [-0.39, 0.29) is 0 Å². The fourth-order valence-corrected chi connectivity index (χ4v) is 2.12. The minimum Gasteiger partial charge on any atom is -0.354 e. The summed E-state index contributed by atoms with van der Waals surface area (Å²) in [4.78, 5) is 8.98. The van der Waals surface area contributed by atoms with E-state index in [0.29, 0.717) is 5.95 Å². The van der Waals surface area contributed by atoms with Gasteiger partial charge < -0.3 is 5.32 Å². The minimum atomic E-state index is 0.711. The van der Waals surface area contributed by atoms with Gasteiger partial charge in [-0.05, 0) is 38.3 Å². The van der Waals surface area contributed by atoms with Crippen molar-refractivity contribution in [2.24, 2.45) is 0 Å². The Balaban J connectivity index is 2.42. The molecule has 2 rings (SSSR count). The maximum Gasteiger partial charge on any atom is 0.223 e. The molecule has 0 atom stereocenters. The van der Waals surface area contributed by atoms with Crippen LogP contribution in [0.2, 0.25) is 0 Å². The van der Waals surface area contributed by atoms with Crippen molar-refractivity contribution in [3.05, 3.63) is 41.1 Å². The molecule has 1 N–H and O–H groups in total. The predicted octanol–water partition coefficient (Wildman–Crippen LogP) is 3.89. The summed E-state index contributed by atoms with van der Waals surface area (Å²) in [6, 6.07) is 6.46. The van der Waals surface area contributed by atoms with Crippen molar-refractivity contribution < 1.29 is 0 Å². The number of hydrogen-bond acceptors (Lipinski definition) is 3. The largest absolute Gasteiger partial charge is 0.354 e. The van der Waals surface area contributed by atoms with Gasteiger partial charge in [-0.1, -0.05) is 30.7 Å². The van der Waals surface area contributed by atoms with Crippen molar-refractivity contribution in [3.8, 4) is 11.3 Å². The Kier molecular flexibility index (Phi) is 4.15. The van der Waals surface area contributed by atoms with E-state index in [9.17, 15) is 0 Å². The van der Waals surface area contributed by atoms with E-state index in [2.05, 4.69) is 61.2 Å². The van der Waals surface area contributed by atoms with E-state index in [0.717, 1.165) is 24.2 Å². The Morgan fingerprint density at radius 3 is 2.58 bits per heavy atom. The van der Waals surface area contributed by atoms with Crippen molar-refractivity contribution in [2.75, 3.05) is 11.9 Å². The lowest BCUT2D eigenvalue weighted by atomic mass is 10.0. The van der Waals surface area contributed by atoms with Crippen LogP contribution in [0.4, 0.5) is 5.95 Å². The summed E-state index contributed by atoms with van der Waals surface area (Å²) in [7, 11) is 0. The van der Waals surface area contributed by atoms with E-state index in [4.69, 9.17) is 0 Å². The molecule has 0 aliphatic heterocycles. The van der Waals surface area contributed by atoms with E-state index >= 15 is 0 Å². The molecule has 3 nitrogen and oxygen atoms in total. The van der Waals surface area contributed by atoms with Crippen LogP contribution in [-0.4, -0.2) is 16.5 Å². The molecule has 1 aromatic heterocycles. The molecule has 100 valence electrons. The molecule has 0 unspecified atom stereocenters. The molecule has 0 aliphatic rings. The summed E-state index contributed by atoms with van der Waals surface area (Å²) in [6.45, 7) is 9.32. The fourth-order valence-electron chi connectivity index (χ4n) is 2.12. The van der Waals surface area contributed by atoms with Crippen molar-refractivity contribution in [1.29, 1.82) is 0 Å². The monoisotopic (exact) mass is 255 g/mol. The number of nitrogens with zero attached hydrogens (tertiary/aromatic N) is 2. The lowest BCUT2D eigenvalue weighted by molar-refractivity contribution is 0.950. The molecule has 0 amide bonds. The van der Waals surface area contributed by atoms with Crippen molar-refractivity contribution in [3.63, 3.8) is 0 Å². The van der Waals surface area contributed by atoms with Gasteiger partial charge in [-0.15, -0.1) is 0 Å². The fraction of sp³-hybridized carbons (Fsp3) is 0.375. The smallest absolute Gasteiger partial charge is 0.223 e. The van der Waals surface area contributed by atoms with Crippen LogP contribution in [0, 0.1) is 20.8 Å². The van der Waals surface area contributed by atoms with E-state index in [1.54, 1.807) is 0 Å². The minimum absolute atomic E-state index is 0.711. The molecule has 1 heterocycles. The van der Waals surface area contributed by atoms with Crippen LogP contribution >= 0.6 is 0 Å². The third-order valence-corrected chi connectivity index (χ3v) is 3.14. The first-order valence-corrected chi connectivity index (χ1v) is 6.77. The number of aryl methyl sites for hydroxylation is 3.